The summed E-state index contributed by atoms with van der Waals surface area (Å²) in [6.45, 7) is 2.24. The first-order valence-electron chi connectivity index (χ1n) is 12.5. The van der Waals surface area contributed by atoms with E-state index in [9.17, 15) is 13.2 Å². The highest BCUT2D eigenvalue weighted by molar-refractivity contribution is 6.58. The van der Waals surface area contributed by atoms with E-state index in [0.717, 1.165) is 24.6 Å². The van der Waals surface area contributed by atoms with Crippen LogP contribution in [0, 0.1) is 0 Å². The first kappa shape index (κ1) is 27.7. The Balaban J connectivity index is 1.49. The SMILES string of the molecule is [B]C([B])([B])Oc1ncnc(C2CC2)c1-c1ncc(OCC)c(Cc2ccc(-c3nc(C(F)(F)F)cn3C)cc2)n1. The normalized spacial score (nSPS) is 13.8. The third-order valence-corrected chi connectivity index (χ3v) is 6.18. The minimum atomic E-state index is -4.52. The second-order valence-electron chi connectivity index (χ2n) is 9.54. The molecule has 0 saturated heterocycles. The maximum atomic E-state index is 13.1. The summed E-state index contributed by atoms with van der Waals surface area (Å²) in [7, 11) is 18.6. The van der Waals surface area contributed by atoms with E-state index >= 15 is 0 Å². The number of rotatable bonds is 9. The van der Waals surface area contributed by atoms with Crippen LogP contribution in [0.4, 0.5) is 13.2 Å². The van der Waals surface area contributed by atoms with Gasteiger partial charge in [-0.15, -0.1) is 0 Å². The summed E-state index contributed by atoms with van der Waals surface area (Å²) < 4.78 is 52.0. The lowest BCUT2D eigenvalue weighted by atomic mass is 9.52. The molecule has 40 heavy (non-hydrogen) atoms. The van der Waals surface area contributed by atoms with E-state index in [1.54, 1.807) is 30.5 Å². The van der Waals surface area contributed by atoms with Gasteiger partial charge in [-0.3, -0.25) is 0 Å². The van der Waals surface area contributed by atoms with Crippen molar-refractivity contribution in [3.05, 3.63) is 65.6 Å². The average Bonchev–Trinajstić information content (AvgIpc) is 3.65. The van der Waals surface area contributed by atoms with Gasteiger partial charge in [0, 0.05) is 31.1 Å². The molecule has 1 fully saturated rings. The molecule has 0 spiro atoms. The second-order valence-corrected chi connectivity index (χ2v) is 9.54. The van der Waals surface area contributed by atoms with Crippen molar-refractivity contribution in [3.63, 3.8) is 0 Å². The zero-order chi connectivity index (χ0) is 28.7. The monoisotopic (exact) mass is 540 g/mol. The fraction of sp³-hybridized carbons (Fsp3) is 0.346. The number of halogens is 3. The quantitative estimate of drug-likeness (QED) is 0.300. The minimum absolute atomic E-state index is 0.0668. The van der Waals surface area contributed by atoms with Crippen LogP contribution in [-0.4, -0.2) is 64.9 Å². The van der Waals surface area contributed by atoms with Crippen LogP contribution in [0.15, 0.2) is 43.0 Å². The van der Waals surface area contributed by atoms with Crippen molar-refractivity contribution < 1.29 is 22.6 Å². The van der Waals surface area contributed by atoms with Gasteiger partial charge in [0.05, 0.1) is 24.2 Å². The molecule has 3 heterocycles. The molecule has 1 saturated carbocycles. The van der Waals surface area contributed by atoms with Crippen LogP contribution in [0.3, 0.4) is 0 Å². The van der Waals surface area contributed by atoms with Crippen LogP contribution in [0.2, 0.25) is 0 Å². The van der Waals surface area contributed by atoms with Crippen molar-refractivity contribution >= 4 is 23.5 Å². The van der Waals surface area contributed by atoms with Crippen molar-refractivity contribution in [3.8, 4) is 34.4 Å². The Labute approximate surface area is 233 Å². The molecule has 4 aromatic rings. The second kappa shape index (κ2) is 10.6. The molecular weight excluding hydrogens is 518 g/mol. The Kier molecular flexibility index (Phi) is 7.37. The van der Waals surface area contributed by atoms with Gasteiger partial charge >= 0.3 is 6.18 Å². The first-order valence-corrected chi connectivity index (χ1v) is 12.5. The summed E-state index contributed by atoms with van der Waals surface area (Å²) in [5.74, 6) is 1.24. The van der Waals surface area contributed by atoms with E-state index in [1.165, 1.54) is 17.9 Å². The topological polar surface area (TPSA) is 87.8 Å². The van der Waals surface area contributed by atoms with Crippen LogP contribution >= 0.6 is 0 Å². The third-order valence-electron chi connectivity index (χ3n) is 6.18. The van der Waals surface area contributed by atoms with Gasteiger partial charge in [0.15, 0.2) is 17.3 Å². The third kappa shape index (κ3) is 6.15. The number of hydrogen-bond donors (Lipinski definition) is 0. The molecule has 0 atom stereocenters. The molecule has 0 amide bonds. The number of benzene rings is 1. The Morgan fingerprint density at radius 3 is 2.35 bits per heavy atom. The number of nitrogens with zero attached hydrogens (tertiary/aromatic N) is 6. The molecule has 0 N–H and O–H groups in total. The molecule has 5 rings (SSSR count). The van der Waals surface area contributed by atoms with Crippen LogP contribution in [0.25, 0.3) is 22.8 Å². The smallest absolute Gasteiger partial charge is 0.434 e. The molecular formula is C26H22B3F3N6O2. The zero-order valence-corrected chi connectivity index (χ0v) is 21.8. The summed E-state index contributed by atoms with van der Waals surface area (Å²) in [4.78, 5) is 21.7. The van der Waals surface area contributed by atoms with Crippen LogP contribution in [0.1, 0.15) is 48.3 Å². The van der Waals surface area contributed by atoms with Gasteiger partial charge in [0.1, 0.15) is 41.3 Å². The van der Waals surface area contributed by atoms with Gasteiger partial charge in [-0.1, -0.05) is 24.3 Å². The van der Waals surface area contributed by atoms with Crippen LogP contribution < -0.4 is 9.47 Å². The number of ether oxygens (including phenoxy) is 2. The van der Waals surface area contributed by atoms with E-state index in [0.29, 0.717) is 47.1 Å². The Morgan fingerprint density at radius 1 is 1.02 bits per heavy atom. The van der Waals surface area contributed by atoms with Gasteiger partial charge in [0.25, 0.3) is 0 Å². The van der Waals surface area contributed by atoms with Crippen molar-refractivity contribution in [2.45, 2.75) is 43.6 Å². The van der Waals surface area contributed by atoms with Crippen molar-refractivity contribution in [1.82, 2.24) is 29.5 Å². The molecule has 198 valence electrons. The Morgan fingerprint density at radius 2 is 1.75 bits per heavy atom. The highest BCUT2D eigenvalue weighted by Crippen LogP contribution is 2.45. The molecule has 3 aromatic heterocycles. The lowest BCUT2D eigenvalue weighted by Gasteiger charge is -2.24. The van der Waals surface area contributed by atoms with Gasteiger partial charge in [-0.2, -0.15) is 13.2 Å². The van der Waals surface area contributed by atoms with E-state index in [4.69, 9.17) is 38.0 Å². The maximum Gasteiger partial charge on any atom is 0.434 e. The summed E-state index contributed by atoms with van der Waals surface area (Å²) in [6.07, 6.45) is 1.59. The average molecular weight is 540 g/mol. The molecule has 1 aliphatic rings. The van der Waals surface area contributed by atoms with Gasteiger partial charge in [-0.05, 0) is 30.6 Å². The summed E-state index contributed by atoms with van der Waals surface area (Å²) in [5.41, 5.74) is 2.17. The maximum absolute atomic E-state index is 13.1. The fourth-order valence-electron chi connectivity index (χ4n) is 4.27. The minimum Gasteiger partial charge on any atom is -0.500 e. The number of imidazole rings is 1. The summed E-state index contributed by atoms with van der Waals surface area (Å²) in [6, 6.07) is 7.03. The Hall–Kier alpha value is -3.83. The summed E-state index contributed by atoms with van der Waals surface area (Å²) >= 11 is 0. The van der Waals surface area contributed by atoms with E-state index in [-0.39, 0.29) is 17.6 Å². The van der Waals surface area contributed by atoms with Crippen LogP contribution in [0.5, 0.6) is 11.6 Å². The van der Waals surface area contributed by atoms with Gasteiger partial charge < -0.3 is 14.0 Å². The number of hydrogen-bond acceptors (Lipinski definition) is 7. The summed E-state index contributed by atoms with van der Waals surface area (Å²) in [5, 5.41) is -1.98. The van der Waals surface area contributed by atoms with Crippen molar-refractivity contribution in [2.75, 3.05) is 6.61 Å². The number of alkyl halides is 3. The molecule has 1 aliphatic carbocycles. The molecule has 0 aliphatic heterocycles. The first-order chi connectivity index (χ1) is 18.9. The molecule has 0 bridgehead atoms. The molecule has 6 radical (unpaired) electrons. The zero-order valence-electron chi connectivity index (χ0n) is 21.8. The van der Waals surface area contributed by atoms with Crippen molar-refractivity contribution in [1.29, 1.82) is 0 Å². The van der Waals surface area contributed by atoms with Crippen LogP contribution in [-0.2, 0) is 19.6 Å². The Bertz CT molecular complexity index is 1520. The number of aromatic nitrogens is 6. The van der Waals surface area contributed by atoms with Crippen molar-refractivity contribution in [2.24, 2.45) is 7.05 Å². The molecule has 8 nitrogen and oxygen atoms in total. The van der Waals surface area contributed by atoms with Gasteiger partial charge in [-0.25, -0.2) is 24.9 Å². The lowest BCUT2D eigenvalue weighted by Crippen LogP contribution is -2.38. The highest BCUT2D eigenvalue weighted by atomic mass is 19.4. The molecule has 0 unspecified atom stereocenters. The lowest BCUT2D eigenvalue weighted by molar-refractivity contribution is -0.140. The standard InChI is InChI=1S/C26H22B3F3N6O2/c1-3-39-18-11-33-22(20-21(15-8-9-15)34-13-35-24(20)40-26(27,28)29)36-17(18)10-14-4-6-16(7-5-14)23-37-19(12-38(23)2)25(30,31)32/h4-7,11-13,15H,3,8-10H2,1-2H3. The predicted molar refractivity (Wildman–Crippen MR) is 143 cm³/mol. The van der Waals surface area contributed by atoms with Gasteiger partial charge in [0.2, 0.25) is 5.88 Å². The largest absolute Gasteiger partial charge is 0.500 e. The van der Waals surface area contributed by atoms with E-state index in [2.05, 4.69) is 19.9 Å². The molecule has 1 aromatic carbocycles. The van der Waals surface area contributed by atoms with E-state index < -0.39 is 17.2 Å². The highest BCUT2D eigenvalue weighted by Gasteiger charge is 2.35. The fourth-order valence-corrected chi connectivity index (χ4v) is 4.27. The molecule has 14 heteroatoms. The van der Waals surface area contributed by atoms with E-state index in [1.807, 2.05) is 6.92 Å². The number of aryl methyl sites for hydroxylation is 1. The predicted octanol–water partition coefficient (Wildman–Crippen LogP) is 3.72.